The van der Waals surface area contributed by atoms with Crippen LogP contribution in [0.25, 0.3) is 0 Å². The first-order valence-electron chi connectivity index (χ1n) is 5.67. The monoisotopic (exact) mass is 254 g/mol. The number of nitrogens with zero attached hydrogens (tertiary/aromatic N) is 3. The van der Waals surface area contributed by atoms with Crippen LogP contribution in [0.5, 0.6) is 0 Å². The predicted octanol–water partition coefficient (Wildman–Crippen LogP) is -2.16. The highest BCUT2D eigenvalue weighted by molar-refractivity contribution is 6.04. The minimum absolute atomic E-state index is 0.0506. The van der Waals surface area contributed by atoms with Gasteiger partial charge in [-0.25, -0.2) is 4.79 Å². The second-order valence-electron chi connectivity index (χ2n) is 4.16. The number of imide groups is 1. The summed E-state index contributed by atoms with van der Waals surface area (Å²) in [4.78, 5) is 49.0. The third kappa shape index (κ3) is 2.41. The van der Waals surface area contributed by atoms with Gasteiger partial charge in [-0.1, -0.05) is 0 Å². The maximum atomic E-state index is 11.9. The molecular weight excluding hydrogens is 240 g/mol. The highest BCUT2D eigenvalue weighted by Gasteiger charge is 2.32. The van der Waals surface area contributed by atoms with E-state index in [1.54, 1.807) is 9.80 Å². The van der Waals surface area contributed by atoms with Gasteiger partial charge in [0.1, 0.15) is 6.54 Å². The second kappa shape index (κ2) is 5.03. The molecule has 0 bridgehead atoms. The summed E-state index contributed by atoms with van der Waals surface area (Å²) in [5.41, 5.74) is 0. The van der Waals surface area contributed by atoms with E-state index in [0.717, 1.165) is 11.3 Å². The Bertz CT molecular complexity index is 373. The van der Waals surface area contributed by atoms with Gasteiger partial charge in [0.25, 0.3) is 5.91 Å². The van der Waals surface area contributed by atoms with Gasteiger partial charge < -0.3 is 15.1 Å². The van der Waals surface area contributed by atoms with E-state index in [9.17, 15) is 19.2 Å². The first-order valence-corrected chi connectivity index (χ1v) is 5.67. The van der Waals surface area contributed by atoms with Crippen LogP contribution in [-0.4, -0.2) is 78.2 Å². The van der Waals surface area contributed by atoms with Crippen molar-refractivity contribution < 1.29 is 19.2 Å². The number of hydrogen-bond acceptors (Lipinski definition) is 4. The lowest BCUT2D eigenvalue weighted by atomic mass is 10.3. The van der Waals surface area contributed by atoms with Crippen molar-refractivity contribution in [2.45, 2.75) is 0 Å². The van der Waals surface area contributed by atoms with Crippen molar-refractivity contribution in [1.29, 1.82) is 0 Å². The summed E-state index contributed by atoms with van der Waals surface area (Å²) in [6, 6.07) is -0.528. The number of urea groups is 1. The summed E-state index contributed by atoms with van der Waals surface area (Å²) in [5, 5.41) is 2.36. The fourth-order valence-corrected chi connectivity index (χ4v) is 1.93. The Morgan fingerprint density at radius 1 is 1.22 bits per heavy atom. The maximum absolute atomic E-state index is 11.9. The molecule has 0 aromatic carbocycles. The fraction of sp³-hybridized carbons (Fsp3) is 0.600. The Kier molecular flexibility index (Phi) is 3.45. The van der Waals surface area contributed by atoms with Crippen LogP contribution in [-0.2, 0) is 14.4 Å². The predicted molar refractivity (Wildman–Crippen MR) is 59.3 cm³/mol. The Labute approximate surface area is 103 Å². The lowest BCUT2D eigenvalue weighted by Crippen LogP contribution is -2.51. The van der Waals surface area contributed by atoms with Crippen LogP contribution in [0, 0.1) is 0 Å². The first-order chi connectivity index (χ1) is 8.61. The third-order valence-corrected chi connectivity index (χ3v) is 3.05. The third-order valence-electron chi connectivity index (χ3n) is 3.05. The van der Waals surface area contributed by atoms with Crippen LogP contribution in [0.2, 0.25) is 0 Å². The van der Waals surface area contributed by atoms with Gasteiger partial charge in [-0.3, -0.25) is 19.3 Å². The van der Waals surface area contributed by atoms with Crippen LogP contribution < -0.4 is 5.32 Å². The number of nitrogens with one attached hydrogen (secondary N) is 1. The Hall–Kier alpha value is -2.12. The van der Waals surface area contributed by atoms with Gasteiger partial charge >= 0.3 is 6.03 Å². The Balaban J connectivity index is 1.87. The van der Waals surface area contributed by atoms with E-state index in [-0.39, 0.29) is 24.9 Å². The molecule has 2 aliphatic heterocycles. The summed E-state index contributed by atoms with van der Waals surface area (Å²) < 4.78 is 0. The summed E-state index contributed by atoms with van der Waals surface area (Å²) in [6.07, 6.45) is 0.749. The van der Waals surface area contributed by atoms with Crippen LogP contribution in [0.1, 0.15) is 0 Å². The Morgan fingerprint density at radius 3 is 2.39 bits per heavy atom. The minimum atomic E-state index is -0.528. The van der Waals surface area contributed by atoms with E-state index in [0.29, 0.717) is 26.2 Å². The van der Waals surface area contributed by atoms with Gasteiger partial charge in [0.05, 0.1) is 6.54 Å². The van der Waals surface area contributed by atoms with Crippen molar-refractivity contribution in [2.75, 3.05) is 39.3 Å². The van der Waals surface area contributed by atoms with Crippen LogP contribution in [0.4, 0.5) is 4.79 Å². The molecule has 8 heteroatoms. The van der Waals surface area contributed by atoms with Crippen molar-refractivity contribution in [2.24, 2.45) is 0 Å². The number of rotatable bonds is 3. The molecule has 0 spiro atoms. The van der Waals surface area contributed by atoms with Gasteiger partial charge in [-0.15, -0.1) is 0 Å². The molecule has 5 amide bonds. The van der Waals surface area contributed by atoms with E-state index in [1.807, 2.05) is 0 Å². The van der Waals surface area contributed by atoms with Gasteiger partial charge in [-0.05, 0) is 0 Å². The van der Waals surface area contributed by atoms with Crippen LogP contribution in [0.15, 0.2) is 0 Å². The van der Waals surface area contributed by atoms with E-state index in [1.165, 1.54) is 0 Å². The molecule has 0 saturated carbocycles. The first kappa shape index (κ1) is 12.3. The van der Waals surface area contributed by atoms with Crippen molar-refractivity contribution in [1.82, 2.24) is 20.0 Å². The normalized spacial score (nSPS) is 20.1. The summed E-state index contributed by atoms with van der Waals surface area (Å²) in [7, 11) is 0. The molecule has 0 unspecified atom stereocenters. The standard InChI is InChI=1S/C10H14N4O4/c15-7-12-1-3-13(4-2-12)9(17)6-14-8(16)5-11-10(14)18/h7H,1-6H2,(H,11,18). The van der Waals surface area contributed by atoms with Crippen molar-refractivity contribution >= 4 is 24.3 Å². The summed E-state index contributed by atoms with van der Waals surface area (Å²) >= 11 is 0. The topological polar surface area (TPSA) is 90.0 Å². The average Bonchev–Trinajstić information content (AvgIpc) is 2.70. The molecule has 0 atom stereocenters. The zero-order valence-corrected chi connectivity index (χ0v) is 9.79. The smallest absolute Gasteiger partial charge is 0.325 e. The molecule has 2 saturated heterocycles. The molecular formula is C10H14N4O4. The highest BCUT2D eigenvalue weighted by Crippen LogP contribution is 2.04. The number of hydrogen-bond donors (Lipinski definition) is 1. The van der Waals surface area contributed by atoms with Gasteiger partial charge in [0.2, 0.25) is 12.3 Å². The molecule has 0 radical (unpaired) electrons. The van der Waals surface area contributed by atoms with Crippen LogP contribution in [0.3, 0.4) is 0 Å². The van der Waals surface area contributed by atoms with Gasteiger partial charge in [-0.2, -0.15) is 0 Å². The largest absolute Gasteiger partial charge is 0.342 e. The molecule has 2 fully saturated rings. The zero-order chi connectivity index (χ0) is 13.1. The molecule has 0 aliphatic carbocycles. The Morgan fingerprint density at radius 2 is 1.89 bits per heavy atom. The van der Waals surface area contributed by atoms with Crippen molar-refractivity contribution in [3.63, 3.8) is 0 Å². The SMILES string of the molecule is O=CN1CCN(C(=O)CN2C(=O)CNC2=O)CC1. The molecule has 2 rings (SSSR count). The fourth-order valence-electron chi connectivity index (χ4n) is 1.93. The number of amides is 5. The lowest BCUT2D eigenvalue weighted by molar-refractivity contribution is -0.138. The van der Waals surface area contributed by atoms with Crippen molar-refractivity contribution in [3.8, 4) is 0 Å². The summed E-state index contributed by atoms with van der Waals surface area (Å²) in [6.45, 7) is 1.55. The number of piperazine rings is 1. The highest BCUT2D eigenvalue weighted by atomic mass is 16.2. The van der Waals surface area contributed by atoms with E-state index < -0.39 is 6.03 Å². The molecule has 98 valence electrons. The second-order valence-corrected chi connectivity index (χ2v) is 4.16. The molecule has 0 aromatic rings. The molecule has 8 nitrogen and oxygen atoms in total. The van der Waals surface area contributed by atoms with E-state index >= 15 is 0 Å². The maximum Gasteiger partial charge on any atom is 0.325 e. The van der Waals surface area contributed by atoms with E-state index in [4.69, 9.17) is 0 Å². The van der Waals surface area contributed by atoms with E-state index in [2.05, 4.69) is 5.32 Å². The molecule has 2 heterocycles. The summed E-state index contributed by atoms with van der Waals surface area (Å²) in [5.74, 6) is -0.661. The number of carbonyl (C=O) groups is 4. The molecule has 0 aromatic heterocycles. The minimum Gasteiger partial charge on any atom is -0.342 e. The molecule has 2 aliphatic rings. The quantitative estimate of drug-likeness (QED) is 0.459. The zero-order valence-electron chi connectivity index (χ0n) is 9.79. The molecule has 18 heavy (non-hydrogen) atoms. The number of carbonyl (C=O) groups excluding carboxylic acids is 4. The lowest BCUT2D eigenvalue weighted by Gasteiger charge is -2.33. The molecule has 1 N–H and O–H groups in total. The average molecular weight is 254 g/mol. The van der Waals surface area contributed by atoms with Gasteiger partial charge in [0.15, 0.2) is 0 Å². The van der Waals surface area contributed by atoms with Crippen LogP contribution >= 0.6 is 0 Å². The van der Waals surface area contributed by atoms with Gasteiger partial charge in [0, 0.05) is 26.2 Å². The van der Waals surface area contributed by atoms with Crippen molar-refractivity contribution in [3.05, 3.63) is 0 Å².